The Bertz CT molecular complexity index is 304. The van der Waals surface area contributed by atoms with Crippen LogP contribution in [0.2, 0.25) is 0 Å². The van der Waals surface area contributed by atoms with Crippen LogP contribution in [-0.2, 0) is 0 Å². The van der Waals surface area contributed by atoms with E-state index in [0.717, 1.165) is 17.8 Å². The minimum Gasteiger partial charge on any atom is -0.0815 e. The van der Waals surface area contributed by atoms with Crippen molar-refractivity contribution in [2.45, 2.75) is 53.4 Å². The van der Waals surface area contributed by atoms with E-state index in [1.165, 1.54) is 25.7 Å². The molecule has 0 aromatic heterocycles. The van der Waals surface area contributed by atoms with Crippen LogP contribution in [-0.4, -0.2) is 0 Å². The van der Waals surface area contributed by atoms with Gasteiger partial charge in [0.25, 0.3) is 0 Å². The van der Waals surface area contributed by atoms with E-state index in [1.54, 1.807) is 16.7 Å². The average Bonchev–Trinajstić information content (AvgIpc) is 2.17. The first-order valence-electron chi connectivity index (χ1n) is 6.43. The van der Waals surface area contributed by atoms with Crippen molar-refractivity contribution in [2.24, 2.45) is 17.8 Å². The van der Waals surface area contributed by atoms with E-state index >= 15 is 0 Å². The predicted molar refractivity (Wildman–Crippen MR) is 66.7 cm³/mol. The lowest BCUT2D eigenvalue weighted by Crippen LogP contribution is -2.28. The zero-order valence-corrected chi connectivity index (χ0v) is 10.6. The van der Waals surface area contributed by atoms with Crippen LogP contribution in [0.1, 0.15) is 53.4 Å². The third kappa shape index (κ3) is 2.04. The van der Waals surface area contributed by atoms with Gasteiger partial charge in [0, 0.05) is 0 Å². The van der Waals surface area contributed by atoms with Gasteiger partial charge >= 0.3 is 0 Å². The second-order valence-electron chi connectivity index (χ2n) is 5.82. The smallest absolute Gasteiger partial charge is 0.0130 e. The summed E-state index contributed by atoms with van der Waals surface area (Å²) in [5.74, 6) is 2.67. The summed E-state index contributed by atoms with van der Waals surface area (Å²) in [5, 5.41) is 0. The molecule has 15 heavy (non-hydrogen) atoms. The summed E-state index contributed by atoms with van der Waals surface area (Å²) in [6.07, 6.45) is 7.78. The second-order valence-corrected chi connectivity index (χ2v) is 5.82. The van der Waals surface area contributed by atoms with E-state index in [-0.39, 0.29) is 0 Å². The average molecular weight is 204 g/mol. The van der Waals surface area contributed by atoms with Gasteiger partial charge in [0.15, 0.2) is 0 Å². The minimum atomic E-state index is 0.851. The van der Waals surface area contributed by atoms with Crippen LogP contribution in [0.15, 0.2) is 22.8 Å². The van der Waals surface area contributed by atoms with Gasteiger partial charge in [-0.1, -0.05) is 36.6 Å². The molecule has 0 nitrogen and oxygen atoms in total. The van der Waals surface area contributed by atoms with Crippen LogP contribution in [0.4, 0.5) is 0 Å². The normalized spacial score (nSPS) is 31.7. The number of rotatable bonds is 1. The molecule has 0 aliphatic heterocycles. The Morgan fingerprint density at radius 2 is 2.00 bits per heavy atom. The minimum absolute atomic E-state index is 0.851. The molecule has 2 aliphatic carbocycles. The molecular formula is C15H24. The first kappa shape index (κ1) is 11.0. The summed E-state index contributed by atoms with van der Waals surface area (Å²) in [5.41, 5.74) is 5.09. The van der Waals surface area contributed by atoms with E-state index < -0.39 is 0 Å². The molecule has 2 aliphatic rings. The van der Waals surface area contributed by atoms with Crippen molar-refractivity contribution in [1.82, 2.24) is 0 Å². The molecule has 0 saturated heterocycles. The zero-order valence-electron chi connectivity index (χ0n) is 10.6. The molecule has 84 valence electrons. The van der Waals surface area contributed by atoms with Gasteiger partial charge in [-0.2, -0.15) is 0 Å². The fourth-order valence-corrected chi connectivity index (χ4v) is 3.43. The summed E-state index contributed by atoms with van der Waals surface area (Å²) in [7, 11) is 0. The number of hydrogen-bond acceptors (Lipinski definition) is 0. The zero-order chi connectivity index (χ0) is 11.0. The first-order chi connectivity index (χ1) is 7.09. The van der Waals surface area contributed by atoms with Gasteiger partial charge in [0.05, 0.1) is 0 Å². The van der Waals surface area contributed by atoms with Gasteiger partial charge in [0.2, 0.25) is 0 Å². The molecule has 0 spiro atoms. The Hall–Kier alpha value is -0.520. The number of hydrogen-bond donors (Lipinski definition) is 0. The fraction of sp³-hybridized carbons (Fsp3) is 0.733. The van der Waals surface area contributed by atoms with Gasteiger partial charge in [-0.05, 0) is 57.3 Å². The first-order valence-corrected chi connectivity index (χ1v) is 6.43. The van der Waals surface area contributed by atoms with Crippen molar-refractivity contribution in [3.8, 4) is 0 Å². The topological polar surface area (TPSA) is 0 Å². The molecule has 0 aromatic carbocycles. The number of allylic oxidation sites excluding steroid dienone is 4. The van der Waals surface area contributed by atoms with Crippen LogP contribution >= 0.6 is 0 Å². The summed E-state index contributed by atoms with van der Waals surface area (Å²) in [4.78, 5) is 0. The van der Waals surface area contributed by atoms with E-state index in [0.29, 0.717) is 0 Å². The third-order valence-electron chi connectivity index (χ3n) is 4.43. The molecule has 2 rings (SSSR count). The van der Waals surface area contributed by atoms with Crippen LogP contribution in [0.3, 0.4) is 0 Å². The van der Waals surface area contributed by atoms with E-state index in [9.17, 15) is 0 Å². The fourth-order valence-electron chi connectivity index (χ4n) is 3.43. The highest BCUT2D eigenvalue weighted by molar-refractivity contribution is 5.28. The summed E-state index contributed by atoms with van der Waals surface area (Å²) >= 11 is 0. The highest BCUT2D eigenvalue weighted by atomic mass is 14.4. The Kier molecular flexibility index (Phi) is 3.04. The predicted octanol–water partition coefficient (Wildman–Crippen LogP) is 4.73. The Morgan fingerprint density at radius 1 is 1.27 bits per heavy atom. The van der Waals surface area contributed by atoms with Crippen molar-refractivity contribution >= 4 is 0 Å². The summed E-state index contributed by atoms with van der Waals surface area (Å²) in [6, 6.07) is 0. The summed E-state index contributed by atoms with van der Waals surface area (Å²) < 4.78 is 0. The van der Waals surface area contributed by atoms with E-state index in [4.69, 9.17) is 0 Å². The standard InChI is InChI=1S/C15H24/c1-10(2)13-8-6-12(4)14-7-5-11(3)9-15(13)14/h5,10,13,15H,6-9H2,1-4H3/t13-,15-/m0/s1. The summed E-state index contributed by atoms with van der Waals surface area (Å²) in [6.45, 7) is 9.46. The molecule has 0 heterocycles. The van der Waals surface area contributed by atoms with Crippen molar-refractivity contribution < 1.29 is 0 Å². The number of fused-ring (bicyclic) bond motifs is 1. The molecule has 0 N–H and O–H groups in total. The molecule has 0 fully saturated rings. The molecule has 0 saturated carbocycles. The Labute approximate surface area is 94.5 Å². The van der Waals surface area contributed by atoms with Gasteiger partial charge in [0.1, 0.15) is 0 Å². The van der Waals surface area contributed by atoms with Crippen molar-refractivity contribution in [1.29, 1.82) is 0 Å². The highest BCUT2D eigenvalue weighted by Crippen LogP contribution is 2.45. The molecule has 0 bridgehead atoms. The van der Waals surface area contributed by atoms with Crippen LogP contribution in [0, 0.1) is 17.8 Å². The third-order valence-corrected chi connectivity index (χ3v) is 4.43. The van der Waals surface area contributed by atoms with E-state index in [1.807, 2.05) is 0 Å². The SMILES string of the molecule is CC1=CCC2=C(C)CC[C@@H](C(C)C)[C@@H]2C1. The van der Waals surface area contributed by atoms with E-state index in [2.05, 4.69) is 33.8 Å². The van der Waals surface area contributed by atoms with Crippen LogP contribution in [0.25, 0.3) is 0 Å². The monoisotopic (exact) mass is 204 g/mol. The molecule has 0 amide bonds. The maximum Gasteiger partial charge on any atom is -0.0130 e. The lowest BCUT2D eigenvalue weighted by molar-refractivity contribution is 0.242. The maximum atomic E-state index is 2.44. The lowest BCUT2D eigenvalue weighted by atomic mass is 9.66. The molecule has 0 aromatic rings. The van der Waals surface area contributed by atoms with Gasteiger partial charge in [-0.15, -0.1) is 0 Å². The molecule has 0 unspecified atom stereocenters. The Morgan fingerprint density at radius 3 is 2.67 bits per heavy atom. The van der Waals surface area contributed by atoms with Crippen LogP contribution in [0.5, 0.6) is 0 Å². The largest absolute Gasteiger partial charge is 0.0815 e. The van der Waals surface area contributed by atoms with Gasteiger partial charge < -0.3 is 0 Å². The van der Waals surface area contributed by atoms with Crippen molar-refractivity contribution in [2.75, 3.05) is 0 Å². The molecular weight excluding hydrogens is 180 g/mol. The second kappa shape index (κ2) is 4.15. The molecule has 0 radical (unpaired) electrons. The quantitative estimate of drug-likeness (QED) is 0.542. The maximum absolute atomic E-state index is 2.44. The van der Waals surface area contributed by atoms with Crippen LogP contribution < -0.4 is 0 Å². The van der Waals surface area contributed by atoms with Crippen molar-refractivity contribution in [3.05, 3.63) is 22.8 Å². The lowest BCUT2D eigenvalue weighted by Gasteiger charge is -2.39. The molecule has 0 heteroatoms. The Balaban J connectivity index is 2.29. The van der Waals surface area contributed by atoms with Gasteiger partial charge in [-0.25, -0.2) is 0 Å². The molecule has 2 atom stereocenters. The highest BCUT2D eigenvalue weighted by Gasteiger charge is 2.33. The van der Waals surface area contributed by atoms with Crippen molar-refractivity contribution in [3.63, 3.8) is 0 Å². The van der Waals surface area contributed by atoms with Gasteiger partial charge in [-0.3, -0.25) is 0 Å².